The summed E-state index contributed by atoms with van der Waals surface area (Å²) < 4.78 is 18.9. The largest absolute Gasteiger partial charge is 0.353 e. The Morgan fingerprint density at radius 1 is 1.35 bits per heavy atom. The van der Waals surface area contributed by atoms with Crippen LogP contribution in [0, 0.1) is 0 Å². The molecule has 1 N–H and O–H groups in total. The number of amides is 1. The molecular weight excluding hydrogens is 311 g/mol. The number of alkyl halides is 3. The van der Waals surface area contributed by atoms with E-state index < -0.39 is 23.3 Å². The lowest BCUT2D eigenvalue weighted by atomic mass is 10.3. The first-order valence-electron chi connectivity index (χ1n) is 4.43. The first-order chi connectivity index (χ1) is 7.64. The van der Waals surface area contributed by atoms with E-state index in [1.54, 1.807) is 6.92 Å². The van der Waals surface area contributed by atoms with Crippen LogP contribution < -0.4 is 5.32 Å². The van der Waals surface area contributed by atoms with Gasteiger partial charge >= 0.3 is 7.60 Å². The van der Waals surface area contributed by atoms with Crippen LogP contribution in [0.25, 0.3) is 0 Å². The van der Waals surface area contributed by atoms with Crippen LogP contribution in [0.4, 0.5) is 0 Å². The fourth-order valence-corrected chi connectivity index (χ4v) is 1.79. The number of rotatable bonds is 5. The fourth-order valence-electron chi connectivity index (χ4n) is 0.767. The van der Waals surface area contributed by atoms with Gasteiger partial charge in [0.05, 0.1) is 0 Å². The maximum absolute atomic E-state index is 11.6. The monoisotopic (exact) mass is 323 g/mol. The quantitative estimate of drug-likeness (QED) is 0.624. The summed E-state index contributed by atoms with van der Waals surface area (Å²) in [5.41, 5.74) is 0. The zero-order chi connectivity index (χ0) is 13.7. The summed E-state index contributed by atoms with van der Waals surface area (Å²) in [7, 11) is -0.752. The lowest BCUT2D eigenvalue weighted by Crippen LogP contribution is -2.39. The van der Waals surface area contributed by atoms with Gasteiger partial charge in [-0.3, -0.25) is 9.36 Å². The molecule has 0 radical (unpaired) electrons. The molecule has 9 heteroatoms. The maximum Gasteiger partial charge on any atom is 0.353 e. The van der Waals surface area contributed by atoms with E-state index in [1.165, 1.54) is 26.1 Å². The van der Waals surface area contributed by atoms with Crippen molar-refractivity contribution in [1.29, 1.82) is 0 Å². The summed E-state index contributed by atoms with van der Waals surface area (Å²) in [5, 5.41) is 2.39. The van der Waals surface area contributed by atoms with Gasteiger partial charge in [-0.1, -0.05) is 40.9 Å². The van der Waals surface area contributed by atoms with Crippen molar-refractivity contribution in [3.8, 4) is 0 Å². The molecule has 0 saturated heterocycles. The van der Waals surface area contributed by atoms with E-state index in [-0.39, 0.29) is 0 Å². The van der Waals surface area contributed by atoms with Crippen LogP contribution in [0.2, 0.25) is 0 Å². The predicted molar refractivity (Wildman–Crippen MR) is 68.7 cm³/mol. The van der Waals surface area contributed by atoms with Crippen LogP contribution in [0.3, 0.4) is 0 Å². The first-order valence-corrected chi connectivity index (χ1v) is 7.17. The third-order valence-electron chi connectivity index (χ3n) is 1.68. The van der Waals surface area contributed by atoms with Crippen LogP contribution in [0.15, 0.2) is 11.9 Å². The molecule has 1 amide bonds. The predicted octanol–water partition coefficient (Wildman–Crippen LogP) is 2.86. The summed E-state index contributed by atoms with van der Waals surface area (Å²) in [4.78, 5) is 11.3. The molecule has 0 rings (SSSR count). The zero-order valence-corrected chi connectivity index (χ0v) is 12.6. The van der Waals surface area contributed by atoms with Crippen molar-refractivity contribution in [2.75, 3.05) is 14.2 Å². The maximum atomic E-state index is 11.6. The van der Waals surface area contributed by atoms with E-state index in [1.807, 2.05) is 0 Å². The zero-order valence-electron chi connectivity index (χ0n) is 9.45. The third kappa shape index (κ3) is 6.65. The van der Waals surface area contributed by atoms with Crippen molar-refractivity contribution in [2.45, 2.75) is 16.8 Å². The number of halogens is 3. The smallest absolute Gasteiger partial charge is 0.346 e. The Balaban J connectivity index is 4.47. The fraction of sp³-hybridized carbons (Fsp3) is 0.625. The summed E-state index contributed by atoms with van der Waals surface area (Å²) in [6.07, 6.45) is 1.42. The van der Waals surface area contributed by atoms with Gasteiger partial charge in [0.25, 0.3) is 9.70 Å². The number of carbonyl (C=O) groups is 1. The molecule has 0 aliphatic heterocycles. The Morgan fingerprint density at radius 2 is 1.82 bits per heavy atom. The van der Waals surface area contributed by atoms with Crippen LogP contribution in [0.1, 0.15) is 6.92 Å². The van der Waals surface area contributed by atoms with Crippen LogP contribution in [0.5, 0.6) is 0 Å². The second-order valence-electron chi connectivity index (χ2n) is 3.01. The van der Waals surface area contributed by atoms with E-state index >= 15 is 0 Å². The molecule has 0 heterocycles. The highest BCUT2D eigenvalue weighted by Gasteiger charge is 2.31. The van der Waals surface area contributed by atoms with Crippen molar-refractivity contribution < 1.29 is 18.4 Å². The highest BCUT2D eigenvalue weighted by Crippen LogP contribution is 2.47. The molecule has 5 nitrogen and oxygen atoms in total. The van der Waals surface area contributed by atoms with Crippen LogP contribution >= 0.6 is 42.4 Å². The molecule has 17 heavy (non-hydrogen) atoms. The minimum Gasteiger partial charge on any atom is -0.346 e. The van der Waals surface area contributed by atoms with E-state index in [2.05, 4.69) is 14.4 Å². The number of carbonyl (C=O) groups excluding carboxylic acids is 1. The molecule has 0 saturated carbocycles. The van der Waals surface area contributed by atoms with Gasteiger partial charge in [-0.05, 0) is 6.92 Å². The van der Waals surface area contributed by atoms with Gasteiger partial charge in [0, 0.05) is 26.1 Å². The molecule has 0 bridgehead atoms. The Labute approximate surface area is 115 Å². The van der Waals surface area contributed by atoms with Crippen LogP contribution in [-0.4, -0.2) is 30.0 Å². The minimum absolute atomic E-state index is 0.489. The van der Waals surface area contributed by atoms with E-state index in [0.29, 0.717) is 0 Å². The van der Waals surface area contributed by atoms with Gasteiger partial charge in [0.1, 0.15) is 0 Å². The molecule has 0 aliphatic rings. The summed E-state index contributed by atoms with van der Waals surface area (Å²) in [6.45, 7) is 1.61. The average Bonchev–Trinajstić information content (AvgIpc) is 2.24. The second kappa shape index (κ2) is 6.98. The van der Waals surface area contributed by atoms with E-state index in [9.17, 15) is 9.36 Å². The molecule has 0 aromatic heterocycles. The summed E-state index contributed by atoms with van der Waals surface area (Å²) in [5.74, 6) is 0.445. The van der Waals surface area contributed by atoms with Gasteiger partial charge in [-0.15, -0.1) is 0 Å². The molecule has 0 aromatic rings. The molecule has 0 fully saturated rings. The molecule has 100 valence electrons. The lowest BCUT2D eigenvalue weighted by Gasteiger charge is -2.15. The Morgan fingerprint density at radius 3 is 2.18 bits per heavy atom. The van der Waals surface area contributed by atoms with Crippen LogP contribution in [-0.2, 0) is 18.4 Å². The van der Waals surface area contributed by atoms with Gasteiger partial charge in [-0.25, -0.2) is 0 Å². The molecule has 1 atom stereocenters. The molecular formula is C8H13Cl3NO4P. The highest BCUT2D eigenvalue weighted by atomic mass is 35.6. The highest BCUT2D eigenvalue weighted by molar-refractivity contribution is 7.57. The summed E-state index contributed by atoms with van der Waals surface area (Å²) in [6, 6.07) is -0.489. The Bertz CT molecular complexity index is 334. The van der Waals surface area contributed by atoms with Gasteiger partial charge in [0.15, 0.2) is 0 Å². The topological polar surface area (TPSA) is 64.6 Å². The van der Waals surface area contributed by atoms with E-state index in [4.69, 9.17) is 34.8 Å². The first kappa shape index (κ1) is 17.2. The number of hydrogen-bond donors (Lipinski definition) is 1. The van der Waals surface area contributed by atoms with Crippen molar-refractivity contribution in [3.63, 3.8) is 0 Å². The Hall–Kier alpha value is 0.230. The van der Waals surface area contributed by atoms with Crippen molar-refractivity contribution in [2.24, 2.45) is 0 Å². The standard InChI is InChI=1S/C8H13Cl3NO4P/c1-6(12-7(13)8(9,10)11)4-5-17(14,15-2)16-3/h4-6H,1-3H3,(H,12,13)/b5-4+/t6-/m0/s1. The Kier molecular flexibility index (Phi) is 7.07. The van der Waals surface area contributed by atoms with Gasteiger partial charge in [-0.2, -0.15) is 0 Å². The molecule has 0 aliphatic carbocycles. The van der Waals surface area contributed by atoms with Crippen molar-refractivity contribution in [1.82, 2.24) is 5.32 Å². The third-order valence-corrected chi connectivity index (χ3v) is 3.75. The molecule has 0 aromatic carbocycles. The lowest BCUT2D eigenvalue weighted by molar-refractivity contribution is -0.120. The average molecular weight is 325 g/mol. The summed E-state index contributed by atoms with van der Waals surface area (Å²) >= 11 is 16.1. The normalized spacial score (nSPS) is 14.9. The SMILES string of the molecule is COP(=O)(/C=C/[C@H](C)NC(=O)C(Cl)(Cl)Cl)OC. The van der Waals surface area contributed by atoms with Crippen molar-refractivity contribution in [3.05, 3.63) is 11.9 Å². The molecule has 0 unspecified atom stereocenters. The minimum atomic E-state index is -3.25. The van der Waals surface area contributed by atoms with Gasteiger partial charge < -0.3 is 14.4 Å². The van der Waals surface area contributed by atoms with E-state index in [0.717, 1.165) is 0 Å². The molecule has 0 spiro atoms. The number of hydrogen-bond acceptors (Lipinski definition) is 4. The van der Waals surface area contributed by atoms with Crippen molar-refractivity contribution >= 4 is 48.3 Å². The van der Waals surface area contributed by atoms with Gasteiger partial charge in [0.2, 0.25) is 0 Å². The number of nitrogens with one attached hydrogen (secondary N) is 1. The second-order valence-corrected chi connectivity index (χ2v) is 7.40.